The Morgan fingerprint density at radius 1 is 1.32 bits per heavy atom. The number of nitrogens with one attached hydrogen (secondary N) is 2. The summed E-state index contributed by atoms with van der Waals surface area (Å²) in [4.78, 5) is 12.1. The second kappa shape index (κ2) is 6.80. The molecule has 2 N–H and O–H groups in total. The minimum Gasteiger partial charge on any atom is -0.495 e. The van der Waals surface area contributed by atoms with E-state index < -0.39 is 10.0 Å². The molecule has 0 unspecified atom stereocenters. The number of amides is 1. The van der Waals surface area contributed by atoms with Crippen LogP contribution in [0.2, 0.25) is 0 Å². The fraction of sp³-hybridized carbons (Fsp3) is 0.214. The summed E-state index contributed by atoms with van der Waals surface area (Å²) < 4.78 is 32.3. The van der Waals surface area contributed by atoms with Crippen LogP contribution in [0.25, 0.3) is 0 Å². The molecular weight excluding hydrogens is 324 g/mol. The summed E-state index contributed by atoms with van der Waals surface area (Å²) in [6.07, 6.45) is 0. The summed E-state index contributed by atoms with van der Waals surface area (Å²) >= 11 is 1.08. The van der Waals surface area contributed by atoms with Crippen molar-refractivity contribution in [3.05, 3.63) is 40.6 Å². The average Bonchev–Trinajstić information content (AvgIpc) is 2.98. The average molecular weight is 340 g/mol. The number of para-hydroxylation sites is 2. The Labute approximate surface area is 133 Å². The zero-order valence-electron chi connectivity index (χ0n) is 12.1. The van der Waals surface area contributed by atoms with Gasteiger partial charge in [0.15, 0.2) is 0 Å². The van der Waals surface area contributed by atoms with E-state index in [4.69, 9.17) is 4.74 Å². The number of hydrogen-bond acceptors (Lipinski definition) is 5. The van der Waals surface area contributed by atoms with Gasteiger partial charge in [-0.05, 0) is 25.1 Å². The molecular formula is C14H16N2O4S2. The molecule has 0 atom stereocenters. The van der Waals surface area contributed by atoms with Gasteiger partial charge in [0.25, 0.3) is 15.9 Å². The van der Waals surface area contributed by atoms with Gasteiger partial charge < -0.3 is 10.1 Å². The molecule has 1 amide bonds. The third kappa shape index (κ3) is 3.58. The standard InChI is InChI=1S/C14H16N2O4S2/c1-3-15-14(17)13-8-10(9-21-13)22(18,19)16-11-6-4-5-7-12(11)20-2/h4-9,16H,3H2,1-2H3,(H,15,17). The number of rotatable bonds is 6. The smallest absolute Gasteiger partial charge is 0.262 e. The molecule has 0 aliphatic rings. The molecule has 0 aliphatic heterocycles. The third-order valence-electron chi connectivity index (χ3n) is 2.80. The lowest BCUT2D eigenvalue weighted by atomic mass is 10.3. The van der Waals surface area contributed by atoms with Crippen molar-refractivity contribution in [3.8, 4) is 5.75 Å². The van der Waals surface area contributed by atoms with Crippen molar-refractivity contribution in [2.75, 3.05) is 18.4 Å². The van der Waals surface area contributed by atoms with Crippen molar-refractivity contribution in [1.82, 2.24) is 5.32 Å². The molecule has 1 aromatic carbocycles. The van der Waals surface area contributed by atoms with Crippen LogP contribution in [-0.4, -0.2) is 28.0 Å². The Morgan fingerprint density at radius 3 is 2.73 bits per heavy atom. The first-order valence-electron chi connectivity index (χ1n) is 6.50. The number of sulfonamides is 1. The summed E-state index contributed by atoms with van der Waals surface area (Å²) in [5.74, 6) is 0.136. The first kappa shape index (κ1) is 16.3. The quantitative estimate of drug-likeness (QED) is 0.845. The molecule has 2 aromatic rings. The van der Waals surface area contributed by atoms with Crippen LogP contribution < -0.4 is 14.8 Å². The molecule has 1 aromatic heterocycles. The van der Waals surface area contributed by atoms with Gasteiger partial charge in [-0.25, -0.2) is 8.42 Å². The van der Waals surface area contributed by atoms with E-state index in [-0.39, 0.29) is 10.8 Å². The first-order valence-corrected chi connectivity index (χ1v) is 8.86. The monoisotopic (exact) mass is 340 g/mol. The lowest BCUT2D eigenvalue weighted by Crippen LogP contribution is -2.21. The number of carbonyl (C=O) groups is 1. The van der Waals surface area contributed by atoms with E-state index in [9.17, 15) is 13.2 Å². The Hall–Kier alpha value is -2.06. The van der Waals surface area contributed by atoms with Gasteiger partial charge in [0, 0.05) is 11.9 Å². The molecule has 6 nitrogen and oxygen atoms in total. The van der Waals surface area contributed by atoms with E-state index in [0.717, 1.165) is 11.3 Å². The van der Waals surface area contributed by atoms with Crippen molar-refractivity contribution >= 4 is 33.0 Å². The van der Waals surface area contributed by atoms with Gasteiger partial charge in [-0.1, -0.05) is 12.1 Å². The van der Waals surface area contributed by atoms with E-state index in [2.05, 4.69) is 10.0 Å². The van der Waals surface area contributed by atoms with Gasteiger partial charge in [-0.2, -0.15) is 0 Å². The molecule has 2 rings (SSSR count). The van der Waals surface area contributed by atoms with Gasteiger partial charge in [0.1, 0.15) is 5.75 Å². The number of benzene rings is 1. The normalized spacial score (nSPS) is 11.0. The number of anilines is 1. The topological polar surface area (TPSA) is 84.5 Å². The summed E-state index contributed by atoms with van der Waals surface area (Å²) in [5, 5.41) is 4.06. The van der Waals surface area contributed by atoms with Crippen LogP contribution in [0, 0.1) is 0 Å². The number of hydrogen-bond donors (Lipinski definition) is 2. The van der Waals surface area contributed by atoms with Crippen LogP contribution in [0.5, 0.6) is 5.75 Å². The highest BCUT2D eigenvalue weighted by atomic mass is 32.2. The number of methoxy groups -OCH3 is 1. The van der Waals surface area contributed by atoms with Crippen LogP contribution in [0.4, 0.5) is 5.69 Å². The van der Waals surface area contributed by atoms with E-state index in [1.807, 2.05) is 0 Å². The van der Waals surface area contributed by atoms with Crippen molar-refractivity contribution in [2.45, 2.75) is 11.8 Å². The maximum absolute atomic E-state index is 12.4. The molecule has 22 heavy (non-hydrogen) atoms. The minimum absolute atomic E-state index is 0.0460. The number of carbonyl (C=O) groups excluding carboxylic acids is 1. The molecule has 0 spiro atoms. The fourth-order valence-electron chi connectivity index (χ4n) is 1.76. The first-order chi connectivity index (χ1) is 10.5. The van der Waals surface area contributed by atoms with Crippen LogP contribution in [-0.2, 0) is 10.0 Å². The second-order valence-corrected chi connectivity index (χ2v) is 6.91. The summed E-state index contributed by atoms with van der Waals surface area (Å²) in [6, 6.07) is 8.06. The molecule has 0 radical (unpaired) electrons. The van der Waals surface area contributed by atoms with Crippen LogP contribution in [0.1, 0.15) is 16.6 Å². The highest BCUT2D eigenvalue weighted by Gasteiger charge is 2.20. The Morgan fingerprint density at radius 2 is 2.05 bits per heavy atom. The highest BCUT2D eigenvalue weighted by molar-refractivity contribution is 7.92. The summed E-state index contributed by atoms with van der Waals surface area (Å²) in [7, 11) is -2.31. The maximum atomic E-state index is 12.4. The predicted octanol–water partition coefficient (Wildman–Crippen LogP) is 2.31. The van der Waals surface area contributed by atoms with E-state index in [1.165, 1.54) is 18.6 Å². The predicted molar refractivity (Wildman–Crippen MR) is 86.1 cm³/mol. The highest BCUT2D eigenvalue weighted by Crippen LogP contribution is 2.27. The van der Waals surface area contributed by atoms with E-state index in [0.29, 0.717) is 22.9 Å². The molecule has 0 bridgehead atoms. The van der Waals surface area contributed by atoms with Crippen molar-refractivity contribution in [1.29, 1.82) is 0 Å². The Balaban J connectivity index is 2.26. The van der Waals surface area contributed by atoms with Crippen LogP contribution in [0.15, 0.2) is 40.6 Å². The van der Waals surface area contributed by atoms with E-state index in [1.54, 1.807) is 31.2 Å². The molecule has 0 saturated heterocycles. The fourth-order valence-corrected chi connectivity index (χ4v) is 4.02. The van der Waals surface area contributed by atoms with Gasteiger partial charge in [0.2, 0.25) is 0 Å². The van der Waals surface area contributed by atoms with Gasteiger partial charge in [-0.15, -0.1) is 11.3 Å². The maximum Gasteiger partial charge on any atom is 0.262 e. The minimum atomic E-state index is -3.77. The molecule has 0 aliphatic carbocycles. The summed E-state index contributed by atoms with van der Waals surface area (Å²) in [6.45, 7) is 2.28. The number of thiophene rings is 1. The molecule has 0 fully saturated rings. The number of ether oxygens (including phenoxy) is 1. The van der Waals surface area contributed by atoms with Crippen LogP contribution in [0.3, 0.4) is 0 Å². The summed E-state index contributed by atoms with van der Waals surface area (Å²) in [5.41, 5.74) is 0.343. The Bertz CT molecular complexity index is 769. The zero-order chi connectivity index (χ0) is 16.2. The lowest BCUT2D eigenvalue weighted by molar-refractivity contribution is 0.0959. The largest absolute Gasteiger partial charge is 0.495 e. The van der Waals surface area contributed by atoms with Gasteiger partial charge in [-0.3, -0.25) is 9.52 Å². The van der Waals surface area contributed by atoms with Gasteiger partial charge >= 0.3 is 0 Å². The second-order valence-electron chi connectivity index (χ2n) is 4.31. The van der Waals surface area contributed by atoms with Gasteiger partial charge in [0.05, 0.1) is 22.6 Å². The molecule has 0 saturated carbocycles. The molecule has 1 heterocycles. The zero-order valence-corrected chi connectivity index (χ0v) is 13.8. The SMILES string of the molecule is CCNC(=O)c1cc(S(=O)(=O)Nc2ccccc2OC)cs1. The van der Waals surface area contributed by atoms with E-state index >= 15 is 0 Å². The van der Waals surface area contributed by atoms with Crippen LogP contribution >= 0.6 is 11.3 Å². The Kier molecular flexibility index (Phi) is 5.04. The molecule has 8 heteroatoms. The molecule has 118 valence electrons. The van der Waals surface area contributed by atoms with Crippen molar-refractivity contribution < 1.29 is 17.9 Å². The lowest BCUT2D eigenvalue weighted by Gasteiger charge is -2.10. The third-order valence-corrected chi connectivity index (χ3v) is 5.22. The van der Waals surface area contributed by atoms with Crippen molar-refractivity contribution in [2.24, 2.45) is 0 Å². The van der Waals surface area contributed by atoms with Crippen molar-refractivity contribution in [3.63, 3.8) is 0 Å².